The van der Waals surface area contributed by atoms with E-state index in [1.165, 1.54) is 32.4 Å². The van der Waals surface area contributed by atoms with Crippen molar-refractivity contribution in [2.45, 2.75) is 31.5 Å². The molecule has 1 saturated heterocycles. The van der Waals surface area contributed by atoms with Crippen molar-refractivity contribution < 1.29 is 30.0 Å². The quantitative estimate of drug-likeness (QED) is 0.408. The Morgan fingerprint density at radius 1 is 0.875 bits per heavy atom. The van der Waals surface area contributed by atoms with Crippen LogP contribution in [0.4, 0.5) is 0 Å². The van der Waals surface area contributed by atoms with Gasteiger partial charge in [0, 0.05) is 0 Å². The average Bonchev–Trinajstić information content (AvgIpc) is 2.30. The summed E-state index contributed by atoms with van der Waals surface area (Å²) in [6.45, 7) is 2.50. The molecule has 1 aliphatic rings. The number of aliphatic hydroxyl groups is 2. The van der Waals surface area contributed by atoms with E-state index in [0.29, 0.717) is 0 Å². The molecule has 7 nitrogen and oxygen atoms in total. The maximum absolute atomic E-state index is 9.77. The van der Waals surface area contributed by atoms with Gasteiger partial charge in [0.2, 0.25) is 0 Å². The highest BCUT2D eigenvalue weighted by molar-refractivity contribution is 5.83. The predicted octanol–water partition coefficient (Wildman–Crippen LogP) is -1.36. The van der Waals surface area contributed by atoms with Crippen molar-refractivity contribution in [1.29, 1.82) is 0 Å². The first-order valence-corrected chi connectivity index (χ1v) is 4.99. The number of aliphatic carboxylic acids is 2. The van der Waals surface area contributed by atoms with E-state index in [2.05, 4.69) is 5.32 Å². The van der Waals surface area contributed by atoms with E-state index in [0.717, 1.165) is 0 Å². The molecule has 0 radical (unpaired) electrons. The van der Waals surface area contributed by atoms with Crippen LogP contribution >= 0.6 is 0 Å². The number of hydrogen-bond donors (Lipinski definition) is 5. The molecular formula is C9H17NO6. The third-order valence-electron chi connectivity index (χ3n) is 2.01. The largest absolute Gasteiger partial charge is 0.479 e. The second-order valence-corrected chi connectivity index (χ2v) is 3.38. The van der Waals surface area contributed by atoms with Crippen molar-refractivity contribution >= 4 is 11.9 Å². The third-order valence-corrected chi connectivity index (χ3v) is 2.01. The number of carboxylic acid groups (broad SMARTS) is 2. The van der Waals surface area contributed by atoms with E-state index in [1.807, 2.05) is 0 Å². The van der Waals surface area contributed by atoms with Crippen molar-refractivity contribution in [2.24, 2.45) is 0 Å². The Labute approximate surface area is 92.7 Å². The topological polar surface area (TPSA) is 127 Å². The molecule has 5 N–H and O–H groups in total. The molecule has 16 heavy (non-hydrogen) atoms. The highest BCUT2D eigenvalue weighted by Gasteiger charge is 2.29. The van der Waals surface area contributed by atoms with Crippen molar-refractivity contribution in [1.82, 2.24) is 5.32 Å². The lowest BCUT2D eigenvalue weighted by atomic mass is 10.2. The van der Waals surface area contributed by atoms with E-state index >= 15 is 0 Å². The molecule has 1 aliphatic heterocycles. The van der Waals surface area contributed by atoms with Crippen LogP contribution in [0.3, 0.4) is 0 Å². The summed E-state index contributed by atoms with van der Waals surface area (Å²) in [7, 11) is 0. The number of rotatable bonds is 3. The lowest BCUT2D eigenvalue weighted by Gasteiger charge is -2.08. The van der Waals surface area contributed by atoms with E-state index in [4.69, 9.17) is 20.4 Å². The molecular weight excluding hydrogens is 218 g/mol. The summed E-state index contributed by atoms with van der Waals surface area (Å²) < 4.78 is 0. The zero-order valence-corrected chi connectivity index (χ0v) is 8.80. The summed E-state index contributed by atoms with van der Waals surface area (Å²) in [6, 6.07) is 0. The molecule has 0 aromatic rings. The molecule has 0 aliphatic carbocycles. The zero-order chi connectivity index (χ0) is 12.6. The molecule has 0 aromatic heterocycles. The van der Waals surface area contributed by atoms with Gasteiger partial charge in [0.25, 0.3) is 0 Å². The summed E-state index contributed by atoms with van der Waals surface area (Å²) >= 11 is 0. The summed E-state index contributed by atoms with van der Waals surface area (Å²) in [5.74, 6) is -3.54. The number of hydrogen-bond acceptors (Lipinski definition) is 5. The summed E-state index contributed by atoms with van der Waals surface area (Å²) in [5, 5.41) is 35.8. The van der Waals surface area contributed by atoms with Crippen molar-refractivity contribution in [2.75, 3.05) is 13.1 Å². The standard InChI is InChI=1S/C5H11N.C4H6O6/c1-2-4-6-5-3-1;5-1(3(7)8)2(6)4(9)10/h6H,1-5H2;1-2,5-6H,(H,7,8)(H,9,10)/t;1-,2-/m.0/s1. The van der Waals surface area contributed by atoms with Crippen molar-refractivity contribution in [3.8, 4) is 0 Å². The monoisotopic (exact) mass is 235 g/mol. The van der Waals surface area contributed by atoms with Crippen molar-refractivity contribution in [3.05, 3.63) is 0 Å². The summed E-state index contributed by atoms with van der Waals surface area (Å²) in [4.78, 5) is 19.5. The van der Waals surface area contributed by atoms with Crippen LogP contribution in [-0.2, 0) is 9.59 Å². The Morgan fingerprint density at radius 2 is 1.25 bits per heavy atom. The fourth-order valence-electron chi connectivity index (χ4n) is 1.07. The summed E-state index contributed by atoms with van der Waals surface area (Å²) in [6.07, 6.45) is -0.317. The van der Waals surface area contributed by atoms with Gasteiger partial charge in [-0.1, -0.05) is 6.42 Å². The number of carbonyl (C=O) groups is 2. The van der Waals surface area contributed by atoms with Crippen LogP contribution in [0.5, 0.6) is 0 Å². The van der Waals surface area contributed by atoms with Crippen LogP contribution in [0.2, 0.25) is 0 Å². The normalized spacial score (nSPS) is 18.9. The number of nitrogens with one attached hydrogen (secondary N) is 1. The van der Waals surface area contributed by atoms with Gasteiger partial charge in [-0.3, -0.25) is 0 Å². The molecule has 7 heteroatoms. The lowest BCUT2D eigenvalue weighted by molar-refractivity contribution is -0.165. The smallest absolute Gasteiger partial charge is 0.335 e. The molecule has 0 bridgehead atoms. The molecule has 1 heterocycles. The maximum Gasteiger partial charge on any atom is 0.335 e. The number of carboxylic acids is 2. The Balaban J connectivity index is 0.000000315. The minimum Gasteiger partial charge on any atom is -0.479 e. The lowest BCUT2D eigenvalue weighted by Crippen LogP contribution is -2.39. The summed E-state index contributed by atoms with van der Waals surface area (Å²) in [5.41, 5.74) is 0. The minimum absolute atomic E-state index is 1.25. The van der Waals surface area contributed by atoms with Crippen LogP contribution in [0.25, 0.3) is 0 Å². The SMILES string of the molecule is C1CCNCC1.O=C(O)[C@@H](O)[C@H](O)C(=O)O. The Morgan fingerprint density at radius 3 is 1.38 bits per heavy atom. The number of piperidine rings is 1. The van der Waals surface area contributed by atoms with Gasteiger partial charge in [0.1, 0.15) is 0 Å². The van der Waals surface area contributed by atoms with Gasteiger partial charge in [-0.05, 0) is 25.9 Å². The van der Waals surface area contributed by atoms with E-state index in [-0.39, 0.29) is 0 Å². The third kappa shape index (κ3) is 6.33. The van der Waals surface area contributed by atoms with Gasteiger partial charge in [-0.2, -0.15) is 0 Å². The van der Waals surface area contributed by atoms with Crippen molar-refractivity contribution in [3.63, 3.8) is 0 Å². The molecule has 94 valence electrons. The first-order valence-electron chi connectivity index (χ1n) is 4.99. The van der Waals surface area contributed by atoms with E-state index in [9.17, 15) is 9.59 Å². The zero-order valence-electron chi connectivity index (χ0n) is 8.80. The van der Waals surface area contributed by atoms with Crippen LogP contribution in [0.15, 0.2) is 0 Å². The molecule has 0 saturated carbocycles. The maximum atomic E-state index is 9.77. The first-order chi connectivity index (χ1) is 7.46. The minimum atomic E-state index is -2.27. The highest BCUT2D eigenvalue weighted by Crippen LogP contribution is 1.96. The van der Waals surface area contributed by atoms with E-state index in [1.54, 1.807) is 0 Å². The molecule has 2 atom stereocenters. The fraction of sp³-hybridized carbons (Fsp3) is 0.778. The number of aliphatic hydroxyl groups excluding tert-OH is 2. The predicted molar refractivity (Wildman–Crippen MR) is 54.0 cm³/mol. The van der Waals surface area contributed by atoms with Gasteiger partial charge in [-0.25, -0.2) is 9.59 Å². The molecule has 0 aromatic carbocycles. The molecule has 0 unspecified atom stereocenters. The molecule has 1 fully saturated rings. The fourth-order valence-corrected chi connectivity index (χ4v) is 1.07. The Kier molecular flexibility index (Phi) is 7.44. The second-order valence-electron chi connectivity index (χ2n) is 3.38. The van der Waals surface area contributed by atoms with Crippen LogP contribution < -0.4 is 5.32 Å². The molecule has 0 amide bonds. The second kappa shape index (κ2) is 8.03. The van der Waals surface area contributed by atoms with Gasteiger partial charge < -0.3 is 25.7 Å². The van der Waals surface area contributed by atoms with Crippen LogP contribution in [0, 0.1) is 0 Å². The Hall–Kier alpha value is -1.18. The van der Waals surface area contributed by atoms with Gasteiger partial charge in [0.05, 0.1) is 0 Å². The van der Waals surface area contributed by atoms with Gasteiger partial charge in [-0.15, -0.1) is 0 Å². The average molecular weight is 235 g/mol. The van der Waals surface area contributed by atoms with Gasteiger partial charge in [0.15, 0.2) is 12.2 Å². The highest BCUT2D eigenvalue weighted by atomic mass is 16.4. The Bertz CT molecular complexity index is 199. The van der Waals surface area contributed by atoms with Gasteiger partial charge >= 0.3 is 11.9 Å². The van der Waals surface area contributed by atoms with Crippen LogP contribution in [-0.4, -0.2) is 57.7 Å². The molecule has 0 spiro atoms. The van der Waals surface area contributed by atoms with Crippen LogP contribution in [0.1, 0.15) is 19.3 Å². The first kappa shape index (κ1) is 14.8. The molecule has 1 rings (SSSR count). The van der Waals surface area contributed by atoms with E-state index < -0.39 is 24.1 Å².